The van der Waals surface area contributed by atoms with E-state index < -0.39 is 36.5 Å². The summed E-state index contributed by atoms with van der Waals surface area (Å²) < 4.78 is 23.9. The summed E-state index contributed by atoms with van der Waals surface area (Å²) in [4.78, 5) is 50.5. The zero-order valence-electron chi connectivity index (χ0n) is 31.3. The lowest BCUT2D eigenvalue weighted by Crippen LogP contribution is -2.45. The number of nitrogens with one attached hydrogen (secondary N) is 3. The van der Waals surface area contributed by atoms with Gasteiger partial charge in [0, 0.05) is 16.9 Å². The smallest absolute Gasteiger partial charge is 0.338 e. The number of nitrogens with zero attached hydrogens (tertiary/aromatic N) is 2. The maximum Gasteiger partial charge on any atom is 0.338 e. The minimum Gasteiger partial charge on any atom is -0.493 e. The lowest BCUT2D eigenvalue weighted by atomic mass is 9.95. The minimum absolute atomic E-state index is 0.169. The van der Waals surface area contributed by atoms with Crippen molar-refractivity contribution in [1.82, 2.24) is 20.6 Å². The Balaban J connectivity index is 1.24. The first-order valence-electron chi connectivity index (χ1n) is 17.9. The Hall–Kier alpha value is -7.15. The first kappa shape index (κ1) is 38.6. The van der Waals surface area contributed by atoms with Crippen molar-refractivity contribution in [2.45, 2.75) is 26.8 Å². The summed E-state index contributed by atoms with van der Waals surface area (Å²) in [5.41, 5.74) is 9.23. The van der Waals surface area contributed by atoms with Crippen molar-refractivity contribution in [1.29, 1.82) is 0 Å². The number of methoxy groups -OCH3 is 1. The number of hydrogen-bond acceptors (Lipinski definition) is 9. The highest BCUT2D eigenvalue weighted by Crippen LogP contribution is 2.37. The van der Waals surface area contributed by atoms with Crippen LogP contribution in [0, 0.1) is 0 Å². The Bertz CT molecular complexity index is 2280. The Morgan fingerprint density at radius 2 is 1.48 bits per heavy atom. The second-order valence-corrected chi connectivity index (χ2v) is 12.5. The monoisotopic (exact) mass is 755 g/mol. The van der Waals surface area contributed by atoms with Gasteiger partial charge >= 0.3 is 18.0 Å². The minimum atomic E-state index is -0.801. The third kappa shape index (κ3) is 8.63. The number of aromatic nitrogens is 1. The molecule has 5 aromatic rings. The molecule has 3 N–H and O–H groups in total. The van der Waals surface area contributed by atoms with Crippen molar-refractivity contribution >= 4 is 30.1 Å². The molecule has 2 heterocycles. The molecule has 0 radical (unpaired) electrons. The van der Waals surface area contributed by atoms with Crippen LogP contribution in [0.2, 0.25) is 0 Å². The molecule has 1 aliphatic heterocycles. The molecule has 3 amide bonds. The highest BCUT2D eigenvalue weighted by molar-refractivity contribution is 5.96. The number of hydrazone groups is 1. The van der Waals surface area contributed by atoms with Crippen molar-refractivity contribution in [3.63, 3.8) is 0 Å². The summed E-state index contributed by atoms with van der Waals surface area (Å²) in [7, 11) is 1.44. The number of ether oxygens (including phenoxy) is 4. The fraction of sp³-hybridized carbons (Fsp3) is 0.186. The van der Waals surface area contributed by atoms with Crippen molar-refractivity contribution in [3.05, 3.63) is 137 Å². The predicted octanol–water partition coefficient (Wildman–Crippen LogP) is 6.72. The molecule has 0 spiro atoms. The van der Waals surface area contributed by atoms with E-state index in [0.29, 0.717) is 16.8 Å². The van der Waals surface area contributed by atoms with Crippen LogP contribution in [0.25, 0.3) is 28.2 Å². The maximum atomic E-state index is 13.0. The molecule has 0 saturated carbocycles. The Labute approximate surface area is 323 Å². The molecule has 1 aliphatic rings. The average Bonchev–Trinajstić information content (AvgIpc) is 3.60. The quantitative estimate of drug-likeness (QED) is 0.0641. The molecular weight excluding hydrogens is 714 g/mol. The van der Waals surface area contributed by atoms with Crippen molar-refractivity contribution in [2.24, 2.45) is 5.10 Å². The van der Waals surface area contributed by atoms with E-state index in [4.69, 9.17) is 18.9 Å². The number of amides is 3. The van der Waals surface area contributed by atoms with Crippen LogP contribution in [0.3, 0.4) is 0 Å². The predicted molar refractivity (Wildman–Crippen MR) is 211 cm³/mol. The topological polar surface area (TPSA) is 159 Å². The van der Waals surface area contributed by atoms with Gasteiger partial charge in [0.05, 0.1) is 55.1 Å². The highest BCUT2D eigenvalue weighted by Gasteiger charge is 2.32. The van der Waals surface area contributed by atoms with Crippen molar-refractivity contribution in [2.75, 3.05) is 26.9 Å². The summed E-state index contributed by atoms with van der Waals surface area (Å²) >= 11 is 0. The van der Waals surface area contributed by atoms with Gasteiger partial charge in [-0.25, -0.2) is 19.8 Å². The molecule has 0 unspecified atom stereocenters. The second-order valence-electron chi connectivity index (χ2n) is 12.5. The van der Waals surface area contributed by atoms with Gasteiger partial charge in [0.25, 0.3) is 5.91 Å². The van der Waals surface area contributed by atoms with Gasteiger partial charge < -0.3 is 34.1 Å². The number of urea groups is 1. The summed E-state index contributed by atoms with van der Waals surface area (Å²) in [6.45, 7) is 5.15. The van der Waals surface area contributed by atoms with Crippen LogP contribution in [0.15, 0.2) is 126 Å². The molecule has 13 heteroatoms. The second kappa shape index (κ2) is 17.8. The highest BCUT2D eigenvalue weighted by atomic mass is 16.5. The van der Waals surface area contributed by atoms with Gasteiger partial charge in [-0.1, -0.05) is 66.7 Å². The van der Waals surface area contributed by atoms with Gasteiger partial charge in [0.15, 0.2) is 18.1 Å². The first-order chi connectivity index (χ1) is 27.2. The molecule has 0 fully saturated rings. The summed E-state index contributed by atoms with van der Waals surface area (Å²) in [5.74, 6) is -0.943. The lowest BCUT2D eigenvalue weighted by molar-refractivity contribution is -0.139. The van der Waals surface area contributed by atoms with Crippen LogP contribution in [-0.2, 0) is 19.1 Å². The molecule has 1 aromatic heterocycles. The van der Waals surface area contributed by atoms with Crippen LogP contribution in [-0.4, -0.2) is 61.6 Å². The maximum absolute atomic E-state index is 13.0. The molecule has 0 saturated heterocycles. The summed E-state index contributed by atoms with van der Waals surface area (Å²) in [6, 6.07) is 32.5. The van der Waals surface area contributed by atoms with E-state index in [1.165, 1.54) is 7.11 Å². The van der Waals surface area contributed by atoms with Gasteiger partial charge in [0.2, 0.25) is 0 Å². The average molecular weight is 756 g/mol. The van der Waals surface area contributed by atoms with Gasteiger partial charge in [-0.3, -0.25) is 4.79 Å². The number of rotatable bonds is 14. The molecule has 1 atom stereocenters. The molecule has 286 valence electrons. The molecule has 56 heavy (non-hydrogen) atoms. The fourth-order valence-corrected chi connectivity index (χ4v) is 6.33. The fourth-order valence-electron chi connectivity index (χ4n) is 6.33. The van der Waals surface area contributed by atoms with Crippen LogP contribution in [0.4, 0.5) is 4.79 Å². The molecular formula is C43H41N5O8. The third-order valence-corrected chi connectivity index (χ3v) is 8.82. The van der Waals surface area contributed by atoms with E-state index in [2.05, 4.69) is 25.7 Å². The van der Waals surface area contributed by atoms with E-state index in [9.17, 15) is 19.2 Å². The number of carbonyl (C=O) groups excluding carboxylic acids is 4. The first-order valence-corrected chi connectivity index (χ1v) is 17.9. The van der Waals surface area contributed by atoms with Crippen LogP contribution < -0.4 is 25.5 Å². The van der Waals surface area contributed by atoms with Crippen LogP contribution >= 0.6 is 0 Å². The molecule has 6 rings (SSSR count). The molecule has 13 nitrogen and oxygen atoms in total. The van der Waals surface area contributed by atoms with E-state index in [0.717, 1.165) is 33.8 Å². The molecule has 4 aromatic carbocycles. The number of carbonyl (C=O) groups is 4. The number of benzene rings is 4. The van der Waals surface area contributed by atoms with Gasteiger partial charge in [-0.15, -0.1) is 0 Å². The van der Waals surface area contributed by atoms with Crippen LogP contribution in [0.1, 0.15) is 48.3 Å². The third-order valence-electron chi connectivity index (χ3n) is 8.82. The van der Waals surface area contributed by atoms with E-state index in [1.807, 2.05) is 78.9 Å². The number of hydrogen-bond donors (Lipinski definition) is 3. The van der Waals surface area contributed by atoms with E-state index in [-0.39, 0.29) is 30.3 Å². The number of esters is 2. The van der Waals surface area contributed by atoms with Gasteiger partial charge in [0.1, 0.15) is 0 Å². The van der Waals surface area contributed by atoms with E-state index >= 15 is 0 Å². The van der Waals surface area contributed by atoms with Crippen molar-refractivity contribution < 1.29 is 38.1 Å². The normalized spacial score (nSPS) is 13.8. The number of allylic oxidation sites excluding steroid dienone is 1. The van der Waals surface area contributed by atoms with Crippen LogP contribution in [0.5, 0.6) is 11.5 Å². The standard InChI is InChI=1S/C43H41N5O8/c1-5-54-41(50)30-17-20-33(21-18-30)48-34(28-13-9-7-10-14-28)23-32(40(48)29-15-11-8-12-16-29)25-44-47-37(49)26-56-35-22-19-31(24-36(35)53-4)39-38(42(51)55-6-2)27(3)45-43(52)46-39/h7-25,39H,5-6,26H2,1-4H3,(H,47,49)(H2,45,46,52)/b44-25+/t39-/m0/s1. The Kier molecular flexibility index (Phi) is 12.2. The molecule has 0 bridgehead atoms. The largest absolute Gasteiger partial charge is 0.493 e. The SMILES string of the molecule is CCOC(=O)C1=C(C)NC(=O)N[C@H]1c1ccc(OCC(=O)N/N=C/c2cc(-c3ccccc3)n(-c3ccc(C(=O)OCC)cc3)c2-c2ccccc2)c(OC)c1. The zero-order valence-corrected chi connectivity index (χ0v) is 31.3. The van der Waals surface area contributed by atoms with Gasteiger partial charge in [-0.05, 0) is 79.9 Å². The lowest BCUT2D eigenvalue weighted by Gasteiger charge is -2.28. The summed E-state index contributed by atoms with van der Waals surface area (Å²) in [6.07, 6.45) is 1.58. The van der Waals surface area contributed by atoms with Gasteiger partial charge in [-0.2, -0.15) is 5.10 Å². The van der Waals surface area contributed by atoms with E-state index in [1.54, 1.807) is 57.3 Å². The Morgan fingerprint density at radius 3 is 2.14 bits per heavy atom. The zero-order chi connectivity index (χ0) is 39.6. The van der Waals surface area contributed by atoms with Crippen molar-refractivity contribution in [3.8, 4) is 39.7 Å². The summed E-state index contributed by atoms with van der Waals surface area (Å²) in [5, 5.41) is 9.67. The Morgan fingerprint density at radius 1 is 0.821 bits per heavy atom. The molecule has 0 aliphatic carbocycles.